The summed E-state index contributed by atoms with van der Waals surface area (Å²) in [5.41, 5.74) is 1.30. The van der Waals surface area contributed by atoms with Gasteiger partial charge in [0, 0.05) is 19.7 Å². The first kappa shape index (κ1) is 13.2. The lowest BCUT2D eigenvalue weighted by Crippen LogP contribution is -2.30. The molecule has 0 aromatic heterocycles. The van der Waals surface area contributed by atoms with Crippen molar-refractivity contribution in [3.8, 4) is 0 Å². The lowest BCUT2D eigenvalue weighted by molar-refractivity contribution is 0.0608. The van der Waals surface area contributed by atoms with Crippen LogP contribution in [0.4, 0.5) is 0 Å². The number of methoxy groups -OCH3 is 1. The maximum absolute atomic E-state index is 5.44. The molecule has 0 fully saturated rings. The van der Waals surface area contributed by atoms with E-state index in [9.17, 15) is 0 Å². The van der Waals surface area contributed by atoms with Crippen molar-refractivity contribution in [2.45, 2.75) is 19.5 Å². The van der Waals surface area contributed by atoms with Crippen molar-refractivity contribution in [3.05, 3.63) is 35.9 Å². The van der Waals surface area contributed by atoms with Crippen LogP contribution in [0.1, 0.15) is 12.5 Å². The molecule has 1 atom stereocenters. The molecule has 0 aliphatic rings. The van der Waals surface area contributed by atoms with E-state index in [1.807, 2.05) is 6.07 Å². The zero-order valence-corrected chi connectivity index (χ0v) is 10.1. The highest BCUT2D eigenvalue weighted by molar-refractivity contribution is 5.14. The number of nitrogens with one attached hydrogen (secondary N) is 1. The Morgan fingerprint density at radius 2 is 1.94 bits per heavy atom. The Labute approximate surface area is 97.8 Å². The molecule has 1 rings (SSSR count). The number of hydrogen-bond donors (Lipinski definition) is 1. The molecule has 3 nitrogen and oxygen atoms in total. The molecule has 1 aromatic carbocycles. The predicted molar refractivity (Wildman–Crippen MR) is 65.4 cm³/mol. The van der Waals surface area contributed by atoms with Crippen LogP contribution in [0.15, 0.2) is 30.3 Å². The van der Waals surface area contributed by atoms with Crippen LogP contribution in [-0.4, -0.2) is 33.0 Å². The highest BCUT2D eigenvalue weighted by atomic mass is 16.5. The highest BCUT2D eigenvalue weighted by Crippen LogP contribution is 1.98. The monoisotopic (exact) mass is 223 g/mol. The average molecular weight is 223 g/mol. The van der Waals surface area contributed by atoms with Crippen molar-refractivity contribution >= 4 is 0 Å². The molecule has 0 aliphatic carbocycles. The quantitative estimate of drug-likeness (QED) is 0.682. The standard InChI is InChI=1S/C13H21NO2/c1-12(11-16-9-8-15-2)14-10-13-6-4-3-5-7-13/h3-7,12,14H,8-11H2,1-2H3. The SMILES string of the molecule is COCCOCC(C)NCc1ccccc1. The van der Waals surface area contributed by atoms with Crippen LogP contribution < -0.4 is 5.32 Å². The molecule has 1 unspecified atom stereocenters. The van der Waals surface area contributed by atoms with E-state index in [1.165, 1.54) is 5.56 Å². The first-order valence-corrected chi connectivity index (χ1v) is 5.67. The number of hydrogen-bond acceptors (Lipinski definition) is 3. The summed E-state index contributed by atoms with van der Waals surface area (Å²) in [5.74, 6) is 0. The minimum Gasteiger partial charge on any atom is -0.382 e. The van der Waals surface area contributed by atoms with Crippen molar-refractivity contribution in [3.63, 3.8) is 0 Å². The van der Waals surface area contributed by atoms with Gasteiger partial charge in [0.25, 0.3) is 0 Å². The van der Waals surface area contributed by atoms with Crippen LogP contribution in [0.25, 0.3) is 0 Å². The molecular formula is C13H21NO2. The second-order valence-corrected chi connectivity index (χ2v) is 3.84. The first-order chi connectivity index (χ1) is 7.83. The van der Waals surface area contributed by atoms with E-state index in [0.29, 0.717) is 19.3 Å². The van der Waals surface area contributed by atoms with Crippen molar-refractivity contribution in [1.82, 2.24) is 5.32 Å². The van der Waals surface area contributed by atoms with E-state index in [0.717, 1.165) is 13.2 Å². The average Bonchev–Trinajstić information content (AvgIpc) is 2.33. The summed E-state index contributed by atoms with van der Waals surface area (Å²) in [6.45, 7) is 5.04. The van der Waals surface area contributed by atoms with Gasteiger partial charge in [-0.15, -0.1) is 0 Å². The predicted octanol–water partition coefficient (Wildman–Crippen LogP) is 1.83. The minimum absolute atomic E-state index is 0.358. The van der Waals surface area contributed by atoms with Gasteiger partial charge in [0.2, 0.25) is 0 Å². The zero-order valence-electron chi connectivity index (χ0n) is 10.1. The van der Waals surface area contributed by atoms with Gasteiger partial charge in [-0.05, 0) is 12.5 Å². The van der Waals surface area contributed by atoms with Crippen LogP contribution in [0, 0.1) is 0 Å². The van der Waals surface area contributed by atoms with Gasteiger partial charge in [-0.1, -0.05) is 30.3 Å². The van der Waals surface area contributed by atoms with Crippen LogP contribution in [0.5, 0.6) is 0 Å². The third-order valence-electron chi connectivity index (χ3n) is 2.30. The Morgan fingerprint density at radius 3 is 2.62 bits per heavy atom. The highest BCUT2D eigenvalue weighted by Gasteiger charge is 2.00. The lowest BCUT2D eigenvalue weighted by atomic mass is 10.2. The van der Waals surface area contributed by atoms with Gasteiger partial charge in [-0.25, -0.2) is 0 Å². The van der Waals surface area contributed by atoms with E-state index in [1.54, 1.807) is 7.11 Å². The molecule has 16 heavy (non-hydrogen) atoms. The molecule has 0 aliphatic heterocycles. The van der Waals surface area contributed by atoms with Crippen molar-refractivity contribution < 1.29 is 9.47 Å². The Kier molecular flexibility index (Phi) is 6.81. The summed E-state index contributed by atoms with van der Waals surface area (Å²) in [7, 11) is 1.68. The molecule has 0 saturated carbocycles. The molecule has 3 heteroatoms. The second kappa shape index (κ2) is 8.28. The molecule has 0 spiro atoms. The number of rotatable bonds is 8. The fraction of sp³-hybridized carbons (Fsp3) is 0.538. The third-order valence-corrected chi connectivity index (χ3v) is 2.30. The summed E-state index contributed by atoms with van der Waals surface area (Å²) in [5, 5.41) is 3.41. The fourth-order valence-electron chi connectivity index (χ4n) is 1.35. The lowest BCUT2D eigenvalue weighted by Gasteiger charge is -2.14. The molecule has 1 N–H and O–H groups in total. The fourth-order valence-corrected chi connectivity index (χ4v) is 1.35. The van der Waals surface area contributed by atoms with Gasteiger partial charge in [0.05, 0.1) is 19.8 Å². The van der Waals surface area contributed by atoms with Crippen molar-refractivity contribution in [1.29, 1.82) is 0 Å². The van der Waals surface area contributed by atoms with Crippen LogP contribution in [0.2, 0.25) is 0 Å². The van der Waals surface area contributed by atoms with E-state index in [-0.39, 0.29) is 0 Å². The molecular weight excluding hydrogens is 202 g/mol. The first-order valence-electron chi connectivity index (χ1n) is 5.67. The Morgan fingerprint density at radius 1 is 1.19 bits per heavy atom. The van der Waals surface area contributed by atoms with E-state index in [4.69, 9.17) is 9.47 Å². The van der Waals surface area contributed by atoms with E-state index in [2.05, 4.69) is 36.5 Å². The third kappa shape index (κ3) is 5.85. The molecule has 0 heterocycles. The van der Waals surface area contributed by atoms with E-state index < -0.39 is 0 Å². The van der Waals surface area contributed by atoms with Gasteiger partial charge >= 0.3 is 0 Å². The summed E-state index contributed by atoms with van der Waals surface area (Å²) < 4.78 is 10.3. The van der Waals surface area contributed by atoms with Gasteiger partial charge in [0.15, 0.2) is 0 Å². The summed E-state index contributed by atoms with van der Waals surface area (Å²) in [4.78, 5) is 0. The molecule has 0 bridgehead atoms. The molecule has 0 radical (unpaired) electrons. The minimum atomic E-state index is 0.358. The molecule has 0 amide bonds. The van der Waals surface area contributed by atoms with Crippen LogP contribution >= 0.6 is 0 Å². The largest absolute Gasteiger partial charge is 0.382 e. The maximum atomic E-state index is 5.44. The normalized spacial score (nSPS) is 12.6. The molecule has 0 saturated heterocycles. The Hall–Kier alpha value is -0.900. The van der Waals surface area contributed by atoms with Crippen molar-refractivity contribution in [2.75, 3.05) is 26.9 Å². The van der Waals surface area contributed by atoms with E-state index >= 15 is 0 Å². The summed E-state index contributed by atoms with van der Waals surface area (Å²) in [6, 6.07) is 10.7. The van der Waals surface area contributed by atoms with Gasteiger partial charge in [-0.2, -0.15) is 0 Å². The topological polar surface area (TPSA) is 30.5 Å². The van der Waals surface area contributed by atoms with Gasteiger partial charge in [-0.3, -0.25) is 0 Å². The number of benzene rings is 1. The van der Waals surface area contributed by atoms with Crippen molar-refractivity contribution in [2.24, 2.45) is 0 Å². The Balaban J connectivity index is 2.08. The van der Waals surface area contributed by atoms with Gasteiger partial charge < -0.3 is 14.8 Å². The smallest absolute Gasteiger partial charge is 0.0701 e. The van der Waals surface area contributed by atoms with Gasteiger partial charge in [0.1, 0.15) is 0 Å². The summed E-state index contributed by atoms with van der Waals surface area (Å²) >= 11 is 0. The molecule has 1 aromatic rings. The zero-order chi connectivity index (χ0) is 11.6. The van der Waals surface area contributed by atoms with Crippen LogP contribution in [-0.2, 0) is 16.0 Å². The second-order valence-electron chi connectivity index (χ2n) is 3.84. The maximum Gasteiger partial charge on any atom is 0.0701 e. The Bertz CT molecular complexity index is 264. The number of ether oxygens (including phenoxy) is 2. The molecule has 90 valence electrons. The van der Waals surface area contributed by atoms with Crippen LogP contribution in [0.3, 0.4) is 0 Å². The summed E-state index contributed by atoms with van der Waals surface area (Å²) in [6.07, 6.45) is 0.